The lowest BCUT2D eigenvalue weighted by atomic mass is 10.1. The molecule has 0 saturated carbocycles. The monoisotopic (exact) mass is 573 g/mol. The van der Waals surface area contributed by atoms with Crippen LogP contribution in [0.3, 0.4) is 0 Å². The number of amides is 5. The molecular formula is C31H31N3O8. The molecular weight excluding hydrogens is 542 g/mol. The average Bonchev–Trinajstić information content (AvgIpc) is 2.97. The molecule has 4 rings (SSSR count). The van der Waals surface area contributed by atoms with Crippen LogP contribution in [-0.2, 0) is 14.4 Å². The first-order valence-corrected chi connectivity index (χ1v) is 13.1. The predicted molar refractivity (Wildman–Crippen MR) is 156 cm³/mol. The topological polar surface area (TPSA) is 132 Å². The first-order valence-electron chi connectivity index (χ1n) is 13.1. The second kappa shape index (κ2) is 13.4. The third-order valence-electron chi connectivity index (χ3n) is 6.13. The van der Waals surface area contributed by atoms with E-state index in [1.807, 2.05) is 32.0 Å². The molecule has 1 saturated heterocycles. The van der Waals surface area contributed by atoms with Crippen molar-refractivity contribution in [2.75, 3.05) is 37.7 Å². The second-order valence-corrected chi connectivity index (χ2v) is 9.26. The van der Waals surface area contributed by atoms with Crippen molar-refractivity contribution in [3.05, 3.63) is 77.4 Å². The number of carbonyl (C=O) groups excluding carboxylic acids is 4. The van der Waals surface area contributed by atoms with Crippen molar-refractivity contribution in [1.82, 2.24) is 5.32 Å². The molecule has 0 radical (unpaired) electrons. The number of barbiturate groups is 1. The molecule has 1 heterocycles. The number of hydrogen-bond donors (Lipinski definition) is 2. The van der Waals surface area contributed by atoms with Gasteiger partial charge in [0, 0.05) is 11.8 Å². The molecule has 42 heavy (non-hydrogen) atoms. The van der Waals surface area contributed by atoms with Gasteiger partial charge < -0.3 is 24.3 Å². The molecule has 0 spiro atoms. The van der Waals surface area contributed by atoms with Crippen molar-refractivity contribution < 1.29 is 38.1 Å². The Labute approximate surface area is 243 Å². The van der Waals surface area contributed by atoms with Gasteiger partial charge in [-0.05, 0) is 66.9 Å². The fraction of sp³-hybridized carbons (Fsp3) is 0.226. The summed E-state index contributed by atoms with van der Waals surface area (Å²) in [4.78, 5) is 51.9. The number of hydrogen-bond acceptors (Lipinski definition) is 8. The van der Waals surface area contributed by atoms with Crippen molar-refractivity contribution in [3.63, 3.8) is 0 Å². The Morgan fingerprint density at radius 1 is 0.905 bits per heavy atom. The molecule has 11 heteroatoms. The van der Waals surface area contributed by atoms with Crippen molar-refractivity contribution in [2.24, 2.45) is 0 Å². The van der Waals surface area contributed by atoms with Crippen molar-refractivity contribution in [2.45, 2.75) is 20.3 Å². The molecule has 3 aromatic carbocycles. The maximum absolute atomic E-state index is 13.4. The third-order valence-corrected chi connectivity index (χ3v) is 6.13. The zero-order valence-electron chi connectivity index (χ0n) is 23.7. The van der Waals surface area contributed by atoms with Crippen LogP contribution in [0.4, 0.5) is 16.2 Å². The lowest BCUT2D eigenvalue weighted by Gasteiger charge is -2.27. The number of anilines is 2. The minimum absolute atomic E-state index is 0.196. The summed E-state index contributed by atoms with van der Waals surface area (Å²) >= 11 is 0. The summed E-state index contributed by atoms with van der Waals surface area (Å²) in [6.45, 7) is 4.08. The van der Waals surface area contributed by atoms with E-state index in [-0.39, 0.29) is 35.3 Å². The molecule has 0 bridgehead atoms. The molecule has 0 aliphatic carbocycles. The van der Waals surface area contributed by atoms with E-state index in [1.165, 1.54) is 32.4 Å². The molecule has 5 amide bonds. The summed E-state index contributed by atoms with van der Waals surface area (Å²) in [6.07, 6.45) is 2.12. The van der Waals surface area contributed by atoms with E-state index in [4.69, 9.17) is 18.9 Å². The molecule has 11 nitrogen and oxygen atoms in total. The van der Waals surface area contributed by atoms with Gasteiger partial charge in [-0.3, -0.25) is 19.7 Å². The largest absolute Gasteiger partial charge is 0.493 e. The van der Waals surface area contributed by atoms with Gasteiger partial charge in [-0.25, -0.2) is 9.69 Å². The minimum Gasteiger partial charge on any atom is -0.493 e. The smallest absolute Gasteiger partial charge is 0.335 e. The van der Waals surface area contributed by atoms with Gasteiger partial charge in [-0.2, -0.15) is 0 Å². The summed E-state index contributed by atoms with van der Waals surface area (Å²) in [5.74, 6) is -0.670. The number of methoxy groups -OCH3 is 2. The van der Waals surface area contributed by atoms with Crippen LogP contribution in [0.25, 0.3) is 6.08 Å². The molecule has 1 aliphatic rings. The number of nitrogens with one attached hydrogen (secondary N) is 2. The Morgan fingerprint density at radius 2 is 1.62 bits per heavy atom. The van der Waals surface area contributed by atoms with Crippen LogP contribution in [-0.4, -0.2) is 51.2 Å². The first-order chi connectivity index (χ1) is 20.2. The van der Waals surface area contributed by atoms with Crippen molar-refractivity contribution in [1.29, 1.82) is 0 Å². The summed E-state index contributed by atoms with van der Waals surface area (Å²) in [5.41, 5.74) is 2.01. The molecule has 0 unspecified atom stereocenters. The average molecular weight is 574 g/mol. The predicted octanol–water partition coefficient (Wildman–Crippen LogP) is 4.48. The van der Waals surface area contributed by atoms with Crippen molar-refractivity contribution >= 4 is 41.2 Å². The van der Waals surface area contributed by atoms with E-state index in [0.29, 0.717) is 29.4 Å². The van der Waals surface area contributed by atoms with Gasteiger partial charge >= 0.3 is 6.03 Å². The Morgan fingerprint density at radius 3 is 2.33 bits per heavy atom. The Balaban J connectivity index is 1.52. The van der Waals surface area contributed by atoms with Gasteiger partial charge in [0.25, 0.3) is 17.7 Å². The molecule has 2 N–H and O–H groups in total. The normalized spacial score (nSPS) is 14.0. The van der Waals surface area contributed by atoms with Crippen molar-refractivity contribution in [3.8, 4) is 23.0 Å². The highest BCUT2D eigenvalue weighted by Crippen LogP contribution is 2.34. The number of urea groups is 1. The van der Waals surface area contributed by atoms with E-state index in [9.17, 15) is 19.2 Å². The van der Waals surface area contributed by atoms with E-state index < -0.39 is 17.8 Å². The van der Waals surface area contributed by atoms with Crippen LogP contribution in [0.2, 0.25) is 0 Å². The van der Waals surface area contributed by atoms with Gasteiger partial charge in [0.15, 0.2) is 29.6 Å². The Hall–Kier alpha value is -5.32. The first kappa shape index (κ1) is 29.7. The van der Waals surface area contributed by atoms with Crippen LogP contribution in [0.5, 0.6) is 23.0 Å². The number of aryl methyl sites for hydroxylation is 1. The third kappa shape index (κ3) is 6.87. The summed E-state index contributed by atoms with van der Waals surface area (Å²) < 4.78 is 22.1. The van der Waals surface area contributed by atoms with E-state index >= 15 is 0 Å². The Bertz CT molecular complexity index is 1550. The number of carbonyl (C=O) groups is 4. The fourth-order valence-electron chi connectivity index (χ4n) is 4.14. The summed E-state index contributed by atoms with van der Waals surface area (Å²) in [6, 6.07) is 15.8. The van der Waals surface area contributed by atoms with Gasteiger partial charge in [0.2, 0.25) is 0 Å². The maximum atomic E-state index is 13.4. The van der Waals surface area contributed by atoms with Gasteiger partial charge in [-0.1, -0.05) is 25.1 Å². The van der Waals surface area contributed by atoms with Crippen LogP contribution in [0.15, 0.2) is 66.2 Å². The maximum Gasteiger partial charge on any atom is 0.335 e. The number of rotatable bonds is 11. The van der Waals surface area contributed by atoms with E-state index in [1.54, 1.807) is 30.3 Å². The van der Waals surface area contributed by atoms with Crippen LogP contribution >= 0.6 is 0 Å². The Kier molecular flexibility index (Phi) is 9.43. The van der Waals surface area contributed by atoms with Crippen LogP contribution in [0.1, 0.15) is 24.5 Å². The number of ether oxygens (including phenoxy) is 4. The van der Waals surface area contributed by atoms with E-state index in [0.717, 1.165) is 16.9 Å². The molecule has 1 fully saturated rings. The highest BCUT2D eigenvalue weighted by atomic mass is 16.5. The highest BCUT2D eigenvalue weighted by Gasteiger charge is 2.37. The fourth-order valence-corrected chi connectivity index (χ4v) is 4.14. The summed E-state index contributed by atoms with van der Waals surface area (Å²) in [5, 5.41) is 4.96. The molecule has 0 aromatic heterocycles. The molecule has 3 aromatic rings. The molecule has 0 atom stereocenters. The minimum atomic E-state index is -0.892. The zero-order valence-corrected chi connectivity index (χ0v) is 23.7. The van der Waals surface area contributed by atoms with E-state index in [2.05, 4.69) is 10.6 Å². The molecule has 1 aliphatic heterocycles. The SMILES string of the molecule is CCCOc1ccc(N2C(=O)NC(=O)/C(=C/c3ccc(OCC(=O)Nc4cccc(C)c4)c(OC)c3)C2=O)cc1OC. The number of benzene rings is 3. The van der Waals surface area contributed by atoms with Crippen LogP contribution < -0.4 is 34.5 Å². The van der Waals surface area contributed by atoms with Crippen LogP contribution in [0, 0.1) is 6.92 Å². The van der Waals surface area contributed by atoms with Gasteiger partial charge in [-0.15, -0.1) is 0 Å². The quantitative estimate of drug-likeness (QED) is 0.253. The highest BCUT2D eigenvalue weighted by molar-refractivity contribution is 6.39. The number of imide groups is 2. The van der Waals surface area contributed by atoms with Gasteiger partial charge in [0.1, 0.15) is 5.57 Å². The second-order valence-electron chi connectivity index (χ2n) is 9.26. The lowest BCUT2D eigenvalue weighted by Crippen LogP contribution is -2.54. The molecule has 218 valence electrons. The summed E-state index contributed by atoms with van der Waals surface area (Å²) in [7, 11) is 2.87. The lowest BCUT2D eigenvalue weighted by molar-refractivity contribution is -0.122. The standard InChI is InChI=1S/C31H31N3O8/c1-5-13-41-24-12-10-22(17-27(24)40-4)34-30(37)23(29(36)33-31(34)38)15-20-9-11-25(26(16-20)39-3)42-18-28(35)32-21-8-6-7-19(2)14-21/h6-12,14-17H,5,13,18H2,1-4H3,(H,32,35)(H,33,36,38)/b23-15-. The number of nitrogens with zero attached hydrogens (tertiary/aromatic N) is 1. The van der Waals surface area contributed by atoms with Gasteiger partial charge in [0.05, 0.1) is 26.5 Å². The zero-order chi connectivity index (χ0) is 30.2.